The van der Waals surface area contributed by atoms with Crippen LogP contribution in [-0.2, 0) is 4.79 Å². The quantitative estimate of drug-likeness (QED) is 0.803. The van der Waals surface area contributed by atoms with Crippen LogP contribution in [0.15, 0.2) is 0 Å². The molecule has 1 saturated carbocycles. The number of piperidine rings is 1. The van der Waals surface area contributed by atoms with Crippen LogP contribution in [0.2, 0.25) is 0 Å². The lowest BCUT2D eigenvalue weighted by atomic mass is 9.96. The third-order valence-corrected chi connectivity index (χ3v) is 4.84. The van der Waals surface area contributed by atoms with Crippen molar-refractivity contribution in [3.63, 3.8) is 0 Å². The van der Waals surface area contributed by atoms with Gasteiger partial charge in [-0.05, 0) is 57.5 Å². The molecule has 1 aliphatic carbocycles. The average molecular weight is 252 g/mol. The summed E-state index contributed by atoms with van der Waals surface area (Å²) >= 11 is 0. The van der Waals surface area contributed by atoms with Gasteiger partial charge in [-0.1, -0.05) is 0 Å². The topological polar surface area (TPSA) is 43.8 Å². The Morgan fingerprint density at radius 2 is 2.06 bits per heavy atom. The van der Waals surface area contributed by atoms with Crippen molar-refractivity contribution in [2.45, 2.75) is 50.6 Å². The number of carboxylic acids is 1. The molecule has 2 saturated heterocycles. The van der Waals surface area contributed by atoms with Crippen LogP contribution in [0.3, 0.4) is 0 Å². The van der Waals surface area contributed by atoms with E-state index in [1.807, 2.05) is 0 Å². The minimum absolute atomic E-state index is 0.244. The molecule has 1 N–H and O–H groups in total. The molecule has 0 bridgehead atoms. The van der Waals surface area contributed by atoms with Gasteiger partial charge in [0.05, 0.1) is 6.54 Å². The number of hydrogen-bond donors (Lipinski definition) is 1. The van der Waals surface area contributed by atoms with Gasteiger partial charge in [-0.25, -0.2) is 0 Å². The summed E-state index contributed by atoms with van der Waals surface area (Å²) in [4.78, 5) is 15.9. The highest BCUT2D eigenvalue weighted by Crippen LogP contribution is 2.34. The first kappa shape index (κ1) is 12.4. The molecule has 0 aromatic carbocycles. The highest BCUT2D eigenvalue weighted by Gasteiger charge is 2.36. The lowest BCUT2D eigenvalue weighted by Crippen LogP contribution is -2.49. The molecule has 3 fully saturated rings. The normalized spacial score (nSPS) is 32.7. The molecule has 3 aliphatic rings. The standard InChI is InChI=1S/C14H24N2O2/c17-14(18)10-16(9-11-3-4-11)13-5-7-15-6-1-2-12(15)8-13/h11-13H,1-10H2,(H,17,18). The van der Waals surface area contributed by atoms with Gasteiger partial charge in [0.2, 0.25) is 0 Å². The average Bonchev–Trinajstić information content (AvgIpc) is 3.03. The monoisotopic (exact) mass is 252 g/mol. The molecular weight excluding hydrogens is 228 g/mol. The Hall–Kier alpha value is -0.610. The number of rotatable bonds is 5. The van der Waals surface area contributed by atoms with Crippen molar-refractivity contribution in [1.82, 2.24) is 9.80 Å². The molecule has 0 spiro atoms. The number of hydrogen-bond acceptors (Lipinski definition) is 3. The first-order valence-corrected chi connectivity index (χ1v) is 7.42. The van der Waals surface area contributed by atoms with Crippen molar-refractivity contribution in [1.29, 1.82) is 0 Å². The zero-order valence-corrected chi connectivity index (χ0v) is 11.1. The molecule has 102 valence electrons. The summed E-state index contributed by atoms with van der Waals surface area (Å²) in [5, 5.41) is 9.08. The van der Waals surface area contributed by atoms with Gasteiger partial charge in [0.15, 0.2) is 0 Å². The second-order valence-corrected chi connectivity index (χ2v) is 6.28. The summed E-state index contributed by atoms with van der Waals surface area (Å²) in [6, 6.07) is 1.25. The van der Waals surface area contributed by atoms with E-state index in [1.54, 1.807) is 0 Å². The Bertz CT molecular complexity index is 317. The number of aliphatic carboxylic acids is 1. The molecule has 0 aromatic heterocycles. The zero-order chi connectivity index (χ0) is 12.5. The Morgan fingerprint density at radius 3 is 2.78 bits per heavy atom. The van der Waals surface area contributed by atoms with E-state index in [0.717, 1.165) is 24.9 Å². The fraction of sp³-hybridized carbons (Fsp3) is 0.929. The minimum atomic E-state index is -0.662. The second kappa shape index (κ2) is 5.17. The van der Waals surface area contributed by atoms with Crippen LogP contribution in [0.1, 0.15) is 38.5 Å². The van der Waals surface area contributed by atoms with E-state index in [2.05, 4.69) is 9.80 Å². The molecule has 0 aromatic rings. The first-order chi connectivity index (χ1) is 8.72. The summed E-state index contributed by atoms with van der Waals surface area (Å²) in [6.07, 6.45) is 7.62. The van der Waals surface area contributed by atoms with Crippen molar-refractivity contribution in [2.24, 2.45) is 5.92 Å². The van der Waals surface area contributed by atoms with Gasteiger partial charge in [0.1, 0.15) is 0 Å². The van der Waals surface area contributed by atoms with E-state index in [9.17, 15) is 4.79 Å². The van der Waals surface area contributed by atoms with Crippen LogP contribution in [0.4, 0.5) is 0 Å². The zero-order valence-electron chi connectivity index (χ0n) is 11.1. The summed E-state index contributed by atoms with van der Waals surface area (Å²) in [6.45, 7) is 3.70. The maximum Gasteiger partial charge on any atom is 0.317 e. The molecule has 2 aliphatic heterocycles. The Balaban J connectivity index is 1.59. The van der Waals surface area contributed by atoms with Gasteiger partial charge in [0.25, 0.3) is 0 Å². The summed E-state index contributed by atoms with van der Waals surface area (Å²) in [5.74, 6) is 0.121. The van der Waals surface area contributed by atoms with Gasteiger partial charge >= 0.3 is 5.97 Å². The molecule has 2 atom stereocenters. The third kappa shape index (κ3) is 2.86. The molecular formula is C14H24N2O2. The van der Waals surface area contributed by atoms with Gasteiger partial charge in [-0.3, -0.25) is 9.69 Å². The van der Waals surface area contributed by atoms with Crippen molar-refractivity contribution >= 4 is 5.97 Å². The Kier molecular flexibility index (Phi) is 3.57. The molecule has 3 rings (SSSR count). The first-order valence-electron chi connectivity index (χ1n) is 7.42. The van der Waals surface area contributed by atoms with E-state index in [1.165, 1.54) is 45.2 Å². The SMILES string of the molecule is O=C(O)CN(CC1CC1)C1CCN2CCCC2C1. The van der Waals surface area contributed by atoms with Crippen molar-refractivity contribution in [3.05, 3.63) is 0 Å². The fourth-order valence-corrected chi connectivity index (χ4v) is 3.68. The predicted molar refractivity (Wildman–Crippen MR) is 69.5 cm³/mol. The van der Waals surface area contributed by atoms with Gasteiger partial charge in [0, 0.05) is 18.6 Å². The van der Waals surface area contributed by atoms with Crippen LogP contribution in [0, 0.1) is 5.92 Å². The number of nitrogens with zero attached hydrogens (tertiary/aromatic N) is 2. The van der Waals surface area contributed by atoms with Crippen molar-refractivity contribution in [2.75, 3.05) is 26.2 Å². The largest absolute Gasteiger partial charge is 0.480 e. The van der Waals surface area contributed by atoms with Crippen molar-refractivity contribution < 1.29 is 9.90 Å². The van der Waals surface area contributed by atoms with Crippen LogP contribution >= 0.6 is 0 Å². The fourth-order valence-electron chi connectivity index (χ4n) is 3.68. The summed E-state index contributed by atoms with van der Waals surface area (Å²) in [5.41, 5.74) is 0. The van der Waals surface area contributed by atoms with E-state index < -0.39 is 5.97 Å². The molecule has 0 amide bonds. The third-order valence-electron chi connectivity index (χ3n) is 4.84. The Labute approximate surface area is 109 Å². The van der Waals surface area contributed by atoms with Crippen LogP contribution in [-0.4, -0.2) is 59.1 Å². The number of carboxylic acid groups (broad SMARTS) is 1. The maximum atomic E-state index is 11.0. The highest BCUT2D eigenvalue weighted by atomic mass is 16.4. The van der Waals surface area contributed by atoms with Crippen LogP contribution < -0.4 is 0 Å². The molecule has 4 nitrogen and oxygen atoms in total. The minimum Gasteiger partial charge on any atom is -0.480 e. The molecule has 2 unspecified atom stereocenters. The molecule has 18 heavy (non-hydrogen) atoms. The van der Waals surface area contributed by atoms with Crippen LogP contribution in [0.25, 0.3) is 0 Å². The van der Waals surface area contributed by atoms with Gasteiger partial charge in [-0.15, -0.1) is 0 Å². The van der Waals surface area contributed by atoms with E-state index in [4.69, 9.17) is 5.11 Å². The number of fused-ring (bicyclic) bond motifs is 1. The second-order valence-electron chi connectivity index (χ2n) is 6.28. The molecule has 2 heterocycles. The summed E-state index contributed by atoms with van der Waals surface area (Å²) < 4.78 is 0. The van der Waals surface area contributed by atoms with Crippen LogP contribution in [0.5, 0.6) is 0 Å². The maximum absolute atomic E-state index is 11.0. The predicted octanol–water partition coefficient (Wildman–Crippen LogP) is 1.41. The number of carbonyl (C=O) groups is 1. The van der Waals surface area contributed by atoms with E-state index in [-0.39, 0.29) is 6.54 Å². The van der Waals surface area contributed by atoms with E-state index in [0.29, 0.717) is 6.04 Å². The van der Waals surface area contributed by atoms with Gasteiger partial charge < -0.3 is 10.0 Å². The smallest absolute Gasteiger partial charge is 0.317 e. The van der Waals surface area contributed by atoms with E-state index >= 15 is 0 Å². The highest BCUT2D eigenvalue weighted by molar-refractivity contribution is 5.69. The van der Waals surface area contributed by atoms with Crippen molar-refractivity contribution in [3.8, 4) is 0 Å². The van der Waals surface area contributed by atoms with Gasteiger partial charge in [-0.2, -0.15) is 0 Å². The molecule has 4 heteroatoms. The molecule has 0 radical (unpaired) electrons. The Morgan fingerprint density at radius 1 is 1.22 bits per heavy atom. The lowest BCUT2D eigenvalue weighted by molar-refractivity contribution is -0.139. The summed E-state index contributed by atoms with van der Waals surface area (Å²) in [7, 11) is 0. The lowest BCUT2D eigenvalue weighted by Gasteiger charge is -2.40.